The van der Waals surface area contributed by atoms with Crippen LogP contribution in [0.3, 0.4) is 0 Å². The molecule has 4 nitrogen and oxygen atoms in total. The van der Waals surface area contributed by atoms with Crippen LogP contribution in [0.5, 0.6) is 0 Å². The van der Waals surface area contributed by atoms with Crippen molar-refractivity contribution in [2.45, 2.75) is 19.4 Å². The third kappa shape index (κ3) is 6.04. The van der Waals surface area contributed by atoms with Gasteiger partial charge in [-0.2, -0.15) is 0 Å². The fourth-order valence-corrected chi connectivity index (χ4v) is 1.36. The summed E-state index contributed by atoms with van der Waals surface area (Å²) >= 11 is 0. The minimum absolute atomic E-state index is 0.0389. The lowest BCUT2D eigenvalue weighted by molar-refractivity contribution is -0.126. The molecule has 0 aromatic heterocycles. The second kappa shape index (κ2) is 7.81. The standard InChI is InChI=1S/C13H19NO3/c1-11(9-15)14-13(16)10-17-8-7-12-5-3-2-4-6-12/h2-6,11,15H,7-10H2,1H3,(H,14,16). The predicted molar refractivity (Wildman–Crippen MR) is 65.7 cm³/mol. The molecule has 0 radical (unpaired) electrons. The van der Waals surface area contributed by atoms with Gasteiger partial charge >= 0.3 is 0 Å². The smallest absolute Gasteiger partial charge is 0.246 e. The van der Waals surface area contributed by atoms with E-state index in [1.807, 2.05) is 30.3 Å². The Bertz CT molecular complexity index is 327. The van der Waals surface area contributed by atoms with Crippen LogP contribution in [-0.4, -0.2) is 36.9 Å². The normalized spacial score (nSPS) is 12.1. The molecule has 17 heavy (non-hydrogen) atoms. The number of amides is 1. The highest BCUT2D eigenvalue weighted by Crippen LogP contribution is 1.99. The Morgan fingerprint density at radius 3 is 2.76 bits per heavy atom. The van der Waals surface area contributed by atoms with E-state index in [1.165, 1.54) is 5.56 Å². The molecule has 0 saturated carbocycles. The van der Waals surface area contributed by atoms with Crippen molar-refractivity contribution in [1.29, 1.82) is 0 Å². The summed E-state index contributed by atoms with van der Waals surface area (Å²) in [7, 11) is 0. The summed E-state index contributed by atoms with van der Waals surface area (Å²) < 4.78 is 5.25. The quantitative estimate of drug-likeness (QED) is 0.688. The van der Waals surface area contributed by atoms with Crippen LogP contribution in [0.1, 0.15) is 12.5 Å². The molecule has 1 aromatic carbocycles. The Hall–Kier alpha value is -1.39. The number of aliphatic hydroxyl groups excluding tert-OH is 1. The molecular formula is C13H19NO3. The summed E-state index contributed by atoms with van der Waals surface area (Å²) in [6.07, 6.45) is 0.795. The predicted octanol–water partition coefficient (Wildman–Crippen LogP) is 0.743. The van der Waals surface area contributed by atoms with E-state index in [-0.39, 0.29) is 25.2 Å². The van der Waals surface area contributed by atoms with E-state index in [0.29, 0.717) is 6.61 Å². The van der Waals surface area contributed by atoms with Gasteiger partial charge in [0.15, 0.2) is 0 Å². The summed E-state index contributed by atoms with van der Waals surface area (Å²) in [5.74, 6) is -0.195. The van der Waals surface area contributed by atoms with E-state index >= 15 is 0 Å². The molecule has 0 aliphatic carbocycles. The highest BCUT2D eigenvalue weighted by atomic mass is 16.5. The highest BCUT2D eigenvalue weighted by molar-refractivity contribution is 5.77. The largest absolute Gasteiger partial charge is 0.394 e. The van der Waals surface area contributed by atoms with Crippen LogP contribution in [0.25, 0.3) is 0 Å². The number of rotatable bonds is 7. The molecule has 1 amide bonds. The van der Waals surface area contributed by atoms with Gasteiger partial charge in [0.1, 0.15) is 6.61 Å². The molecule has 1 atom stereocenters. The summed E-state index contributed by atoms with van der Waals surface area (Å²) in [5.41, 5.74) is 1.19. The van der Waals surface area contributed by atoms with Gasteiger partial charge in [0.05, 0.1) is 13.2 Å². The lowest BCUT2D eigenvalue weighted by atomic mass is 10.2. The highest BCUT2D eigenvalue weighted by Gasteiger charge is 2.05. The van der Waals surface area contributed by atoms with Crippen LogP contribution in [-0.2, 0) is 16.0 Å². The van der Waals surface area contributed by atoms with Crippen LogP contribution >= 0.6 is 0 Å². The molecule has 0 heterocycles. The maximum Gasteiger partial charge on any atom is 0.246 e. The van der Waals surface area contributed by atoms with Crippen molar-refractivity contribution in [3.63, 3.8) is 0 Å². The fourth-order valence-electron chi connectivity index (χ4n) is 1.36. The molecule has 1 aromatic rings. The summed E-state index contributed by atoms with van der Waals surface area (Å²) in [4.78, 5) is 11.3. The van der Waals surface area contributed by atoms with Gasteiger partial charge < -0.3 is 15.2 Å². The van der Waals surface area contributed by atoms with Gasteiger partial charge in [-0.3, -0.25) is 4.79 Å². The van der Waals surface area contributed by atoms with Gasteiger partial charge in [-0.15, -0.1) is 0 Å². The van der Waals surface area contributed by atoms with E-state index in [0.717, 1.165) is 6.42 Å². The van der Waals surface area contributed by atoms with Crippen molar-refractivity contribution in [3.8, 4) is 0 Å². The Labute approximate surface area is 102 Å². The van der Waals surface area contributed by atoms with E-state index in [1.54, 1.807) is 6.92 Å². The van der Waals surface area contributed by atoms with Crippen LogP contribution in [0.15, 0.2) is 30.3 Å². The summed E-state index contributed by atoms with van der Waals surface area (Å²) in [6, 6.07) is 9.75. The third-order valence-electron chi connectivity index (χ3n) is 2.29. The van der Waals surface area contributed by atoms with Gasteiger partial charge in [0.25, 0.3) is 0 Å². The average Bonchev–Trinajstić information content (AvgIpc) is 2.36. The Kier molecular flexibility index (Phi) is 6.29. The zero-order valence-corrected chi connectivity index (χ0v) is 10.1. The van der Waals surface area contributed by atoms with Gasteiger partial charge in [-0.1, -0.05) is 30.3 Å². The molecule has 0 bridgehead atoms. The molecule has 0 aliphatic heterocycles. The first kappa shape index (κ1) is 13.7. The molecule has 0 aliphatic rings. The van der Waals surface area contributed by atoms with E-state index < -0.39 is 0 Å². The first-order chi connectivity index (χ1) is 8.22. The monoisotopic (exact) mass is 237 g/mol. The molecule has 0 spiro atoms. The lowest BCUT2D eigenvalue weighted by Crippen LogP contribution is -2.37. The van der Waals surface area contributed by atoms with Gasteiger partial charge in [-0.05, 0) is 18.9 Å². The maximum absolute atomic E-state index is 11.3. The second-order valence-corrected chi connectivity index (χ2v) is 3.94. The van der Waals surface area contributed by atoms with Crippen LogP contribution in [0, 0.1) is 0 Å². The number of aliphatic hydroxyl groups is 1. The van der Waals surface area contributed by atoms with Crippen LogP contribution < -0.4 is 5.32 Å². The van der Waals surface area contributed by atoms with E-state index in [4.69, 9.17) is 9.84 Å². The van der Waals surface area contributed by atoms with E-state index in [9.17, 15) is 4.79 Å². The van der Waals surface area contributed by atoms with Crippen molar-refractivity contribution in [1.82, 2.24) is 5.32 Å². The first-order valence-corrected chi connectivity index (χ1v) is 5.74. The maximum atomic E-state index is 11.3. The third-order valence-corrected chi connectivity index (χ3v) is 2.29. The molecule has 2 N–H and O–H groups in total. The fraction of sp³-hybridized carbons (Fsp3) is 0.462. The van der Waals surface area contributed by atoms with Crippen LogP contribution in [0.2, 0.25) is 0 Å². The van der Waals surface area contributed by atoms with Gasteiger partial charge in [0.2, 0.25) is 5.91 Å². The van der Waals surface area contributed by atoms with Gasteiger partial charge in [0, 0.05) is 6.04 Å². The SMILES string of the molecule is CC(CO)NC(=O)COCCc1ccccc1. The first-order valence-electron chi connectivity index (χ1n) is 5.74. The molecule has 1 unspecified atom stereocenters. The van der Waals surface area contributed by atoms with Crippen molar-refractivity contribution in [3.05, 3.63) is 35.9 Å². The zero-order chi connectivity index (χ0) is 12.5. The molecule has 0 saturated heterocycles. The van der Waals surface area contributed by atoms with E-state index in [2.05, 4.69) is 5.32 Å². The Morgan fingerprint density at radius 1 is 1.41 bits per heavy atom. The number of carbonyl (C=O) groups is 1. The Balaban J connectivity index is 2.10. The van der Waals surface area contributed by atoms with Crippen LogP contribution in [0.4, 0.5) is 0 Å². The molecule has 0 fully saturated rings. The topological polar surface area (TPSA) is 58.6 Å². The number of ether oxygens (including phenoxy) is 1. The van der Waals surface area contributed by atoms with Crippen molar-refractivity contribution in [2.24, 2.45) is 0 Å². The minimum atomic E-state index is -0.222. The minimum Gasteiger partial charge on any atom is -0.394 e. The van der Waals surface area contributed by atoms with Crippen molar-refractivity contribution >= 4 is 5.91 Å². The van der Waals surface area contributed by atoms with Crippen molar-refractivity contribution in [2.75, 3.05) is 19.8 Å². The number of hydrogen-bond donors (Lipinski definition) is 2. The lowest BCUT2D eigenvalue weighted by Gasteiger charge is -2.10. The number of benzene rings is 1. The molecule has 94 valence electrons. The number of carbonyl (C=O) groups excluding carboxylic acids is 1. The summed E-state index contributed by atoms with van der Waals surface area (Å²) in [6.45, 7) is 2.24. The number of nitrogens with one attached hydrogen (secondary N) is 1. The zero-order valence-electron chi connectivity index (χ0n) is 10.1. The molecular weight excluding hydrogens is 218 g/mol. The molecule has 4 heteroatoms. The average molecular weight is 237 g/mol. The van der Waals surface area contributed by atoms with Gasteiger partial charge in [-0.25, -0.2) is 0 Å². The van der Waals surface area contributed by atoms with Crippen molar-refractivity contribution < 1.29 is 14.6 Å². The number of hydrogen-bond acceptors (Lipinski definition) is 3. The molecule has 1 rings (SSSR count). The summed E-state index contributed by atoms with van der Waals surface area (Å²) in [5, 5.41) is 11.4. The second-order valence-electron chi connectivity index (χ2n) is 3.94. The Morgan fingerprint density at radius 2 is 2.12 bits per heavy atom.